The number of nitrogens with zero attached hydrogens (tertiary/aromatic N) is 2. The van der Waals surface area contributed by atoms with Gasteiger partial charge in [-0.05, 0) is 30.7 Å². The lowest BCUT2D eigenvalue weighted by Crippen LogP contribution is -2.21. The first kappa shape index (κ1) is 15.6. The van der Waals surface area contributed by atoms with Gasteiger partial charge in [0.05, 0.1) is 6.61 Å². The minimum Gasteiger partial charge on any atom is -0.383 e. The van der Waals surface area contributed by atoms with E-state index in [0.29, 0.717) is 0 Å². The molecule has 4 nitrogen and oxygen atoms in total. The first-order valence-electron chi connectivity index (χ1n) is 6.48. The topological polar surface area (TPSA) is 47.0 Å². The summed E-state index contributed by atoms with van der Waals surface area (Å²) < 4.78 is 6.06. The molecule has 1 N–H and O–H groups in total. The third-order valence-electron chi connectivity index (χ3n) is 2.75. The molecule has 2 rings (SSSR count). The summed E-state index contributed by atoms with van der Waals surface area (Å²) in [7, 11) is 1.71. The Morgan fingerprint density at radius 1 is 1.25 bits per heavy atom. The third kappa shape index (κ3) is 4.63. The van der Waals surface area contributed by atoms with Crippen LogP contribution in [0.2, 0.25) is 0 Å². The SMILES string of the molecule is COCCNCCc1nnc(-c2cc(C)cc(Br)c2)s1. The number of methoxy groups -OCH3 is 1. The molecule has 1 aromatic heterocycles. The first-order chi connectivity index (χ1) is 9.69. The van der Waals surface area contributed by atoms with E-state index < -0.39 is 0 Å². The molecule has 0 saturated carbocycles. The summed E-state index contributed by atoms with van der Waals surface area (Å²) in [6, 6.07) is 6.30. The van der Waals surface area contributed by atoms with Crippen molar-refractivity contribution in [1.82, 2.24) is 15.5 Å². The highest BCUT2D eigenvalue weighted by Gasteiger charge is 2.07. The van der Waals surface area contributed by atoms with E-state index in [2.05, 4.69) is 56.6 Å². The molecule has 20 heavy (non-hydrogen) atoms. The summed E-state index contributed by atoms with van der Waals surface area (Å²) >= 11 is 5.17. The zero-order valence-corrected chi connectivity index (χ0v) is 14.1. The summed E-state index contributed by atoms with van der Waals surface area (Å²) in [6.45, 7) is 4.58. The molecule has 1 aromatic carbocycles. The summed E-state index contributed by atoms with van der Waals surface area (Å²) in [5.41, 5.74) is 2.33. The number of rotatable bonds is 7. The summed E-state index contributed by atoms with van der Waals surface area (Å²) in [6.07, 6.45) is 0.897. The molecular formula is C14H18BrN3OS. The maximum Gasteiger partial charge on any atom is 0.147 e. The van der Waals surface area contributed by atoms with Gasteiger partial charge < -0.3 is 10.1 Å². The highest BCUT2D eigenvalue weighted by atomic mass is 79.9. The van der Waals surface area contributed by atoms with Crippen molar-refractivity contribution in [2.75, 3.05) is 26.8 Å². The molecule has 0 radical (unpaired) electrons. The van der Waals surface area contributed by atoms with Crippen LogP contribution in [0.15, 0.2) is 22.7 Å². The Bertz CT molecular complexity index is 539. The van der Waals surface area contributed by atoms with Crippen molar-refractivity contribution in [2.45, 2.75) is 13.3 Å². The van der Waals surface area contributed by atoms with Crippen molar-refractivity contribution in [3.05, 3.63) is 33.2 Å². The van der Waals surface area contributed by atoms with Crippen LogP contribution >= 0.6 is 27.3 Å². The Balaban J connectivity index is 1.94. The largest absolute Gasteiger partial charge is 0.383 e. The van der Waals surface area contributed by atoms with Gasteiger partial charge >= 0.3 is 0 Å². The van der Waals surface area contributed by atoms with Crippen molar-refractivity contribution in [2.24, 2.45) is 0 Å². The molecule has 6 heteroatoms. The van der Waals surface area contributed by atoms with Gasteiger partial charge in [-0.25, -0.2) is 0 Å². The Morgan fingerprint density at radius 2 is 2.10 bits per heavy atom. The van der Waals surface area contributed by atoms with Crippen molar-refractivity contribution >= 4 is 27.3 Å². The highest BCUT2D eigenvalue weighted by Crippen LogP contribution is 2.27. The van der Waals surface area contributed by atoms with Crippen LogP contribution < -0.4 is 5.32 Å². The molecule has 0 spiro atoms. The zero-order chi connectivity index (χ0) is 14.4. The molecule has 0 saturated heterocycles. The number of aromatic nitrogens is 2. The second-order valence-corrected chi connectivity index (χ2v) is 6.49. The minimum absolute atomic E-state index is 0.735. The van der Waals surface area contributed by atoms with Gasteiger partial charge in [0.25, 0.3) is 0 Å². The van der Waals surface area contributed by atoms with E-state index >= 15 is 0 Å². The quantitative estimate of drug-likeness (QED) is 0.775. The average molecular weight is 356 g/mol. The van der Waals surface area contributed by atoms with E-state index in [0.717, 1.165) is 46.2 Å². The van der Waals surface area contributed by atoms with Crippen LogP contribution in [0.1, 0.15) is 10.6 Å². The maximum absolute atomic E-state index is 4.99. The van der Waals surface area contributed by atoms with Crippen molar-refractivity contribution in [1.29, 1.82) is 0 Å². The second-order valence-electron chi connectivity index (χ2n) is 4.51. The van der Waals surface area contributed by atoms with E-state index in [-0.39, 0.29) is 0 Å². The fourth-order valence-corrected chi connectivity index (χ4v) is 3.26. The lowest BCUT2D eigenvalue weighted by Gasteiger charge is -2.01. The predicted molar refractivity (Wildman–Crippen MR) is 86.2 cm³/mol. The van der Waals surface area contributed by atoms with Crippen molar-refractivity contribution in [3.8, 4) is 10.6 Å². The van der Waals surface area contributed by atoms with Gasteiger partial charge in [0.2, 0.25) is 0 Å². The molecule has 108 valence electrons. The Kier molecular flexibility index (Phi) is 6.09. The van der Waals surface area contributed by atoms with Crippen LogP contribution in [0, 0.1) is 6.92 Å². The van der Waals surface area contributed by atoms with E-state index in [9.17, 15) is 0 Å². The lowest BCUT2D eigenvalue weighted by molar-refractivity contribution is 0.199. The maximum atomic E-state index is 4.99. The molecule has 1 heterocycles. The predicted octanol–water partition coefficient (Wildman–Crippen LogP) is 3.05. The monoisotopic (exact) mass is 355 g/mol. The molecule has 0 aliphatic carbocycles. The number of hydrogen-bond acceptors (Lipinski definition) is 5. The number of nitrogens with one attached hydrogen (secondary N) is 1. The first-order valence-corrected chi connectivity index (χ1v) is 8.09. The molecule has 0 unspecified atom stereocenters. The van der Waals surface area contributed by atoms with Crippen LogP contribution in [-0.2, 0) is 11.2 Å². The molecule has 0 fully saturated rings. The smallest absolute Gasteiger partial charge is 0.147 e. The summed E-state index contributed by atoms with van der Waals surface area (Å²) in [4.78, 5) is 0. The minimum atomic E-state index is 0.735. The number of benzene rings is 1. The molecule has 0 amide bonds. The van der Waals surface area contributed by atoms with Crippen LogP contribution in [0.5, 0.6) is 0 Å². The van der Waals surface area contributed by atoms with Crippen LogP contribution in [-0.4, -0.2) is 37.0 Å². The van der Waals surface area contributed by atoms with Gasteiger partial charge in [0.1, 0.15) is 10.0 Å². The Morgan fingerprint density at radius 3 is 2.85 bits per heavy atom. The standard InChI is InChI=1S/C14H18BrN3OS/c1-10-7-11(9-12(15)8-10)14-18-17-13(20-14)3-4-16-5-6-19-2/h7-9,16H,3-6H2,1-2H3. The second kappa shape index (κ2) is 7.83. The molecule has 0 aliphatic rings. The third-order valence-corrected chi connectivity index (χ3v) is 4.24. The van der Waals surface area contributed by atoms with Crippen LogP contribution in [0.3, 0.4) is 0 Å². The molecule has 0 atom stereocenters. The number of aryl methyl sites for hydroxylation is 1. The number of halogens is 1. The molecule has 0 bridgehead atoms. The van der Waals surface area contributed by atoms with Gasteiger partial charge in [-0.3, -0.25) is 0 Å². The van der Waals surface area contributed by atoms with Crippen molar-refractivity contribution < 1.29 is 4.74 Å². The van der Waals surface area contributed by atoms with Gasteiger partial charge in [0.15, 0.2) is 0 Å². The van der Waals surface area contributed by atoms with E-state index in [1.807, 2.05) is 0 Å². The Hall–Kier alpha value is -0.820. The zero-order valence-electron chi connectivity index (χ0n) is 11.6. The van der Waals surface area contributed by atoms with Gasteiger partial charge in [0, 0.05) is 36.7 Å². The highest BCUT2D eigenvalue weighted by molar-refractivity contribution is 9.10. The van der Waals surface area contributed by atoms with Gasteiger partial charge in [-0.1, -0.05) is 27.3 Å². The fraction of sp³-hybridized carbons (Fsp3) is 0.429. The van der Waals surface area contributed by atoms with E-state index in [4.69, 9.17) is 4.74 Å². The molecule has 2 aromatic rings. The van der Waals surface area contributed by atoms with Gasteiger partial charge in [-0.15, -0.1) is 10.2 Å². The summed E-state index contributed by atoms with van der Waals surface area (Å²) in [5.74, 6) is 0. The van der Waals surface area contributed by atoms with Crippen molar-refractivity contribution in [3.63, 3.8) is 0 Å². The normalized spacial score (nSPS) is 10.9. The van der Waals surface area contributed by atoms with E-state index in [1.165, 1.54) is 5.56 Å². The lowest BCUT2D eigenvalue weighted by atomic mass is 10.1. The van der Waals surface area contributed by atoms with Gasteiger partial charge in [-0.2, -0.15) is 0 Å². The fourth-order valence-electron chi connectivity index (χ4n) is 1.83. The average Bonchev–Trinajstić information content (AvgIpc) is 2.86. The van der Waals surface area contributed by atoms with E-state index in [1.54, 1.807) is 18.4 Å². The Labute approximate surface area is 131 Å². The molecule has 0 aliphatic heterocycles. The number of ether oxygens (including phenoxy) is 1. The molecular weight excluding hydrogens is 338 g/mol. The van der Waals surface area contributed by atoms with Crippen LogP contribution in [0.25, 0.3) is 10.6 Å². The number of hydrogen-bond donors (Lipinski definition) is 1. The summed E-state index contributed by atoms with van der Waals surface area (Å²) in [5, 5.41) is 13.9. The van der Waals surface area contributed by atoms with Crippen LogP contribution in [0.4, 0.5) is 0 Å².